The lowest BCUT2D eigenvalue weighted by atomic mass is 10.2. The van der Waals surface area contributed by atoms with Gasteiger partial charge in [-0.2, -0.15) is 0 Å². The van der Waals surface area contributed by atoms with Crippen molar-refractivity contribution < 1.29 is 17.9 Å². The van der Waals surface area contributed by atoms with Crippen molar-refractivity contribution >= 4 is 15.8 Å². The first-order valence-corrected chi connectivity index (χ1v) is 6.15. The summed E-state index contributed by atoms with van der Waals surface area (Å²) in [6, 6.07) is 0. The number of sulfone groups is 1. The molecule has 0 fully saturated rings. The minimum absolute atomic E-state index is 0.349. The minimum atomic E-state index is -3.32. The van der Waals surface area contributed by atoms with Gasteiger partial charge in [0.15, 0.2) is 15.1 Å². The average Bonchev–Trinajstić information content (AvgIpc) is 2.02. The Morgan fingerprint density at radius 3 is 2.31 bits per heavy atom. The smallest absolute Gasteiger partial charge is 0.324 e. The number of hydrogen-bond donors (Lipinski definition) is 0. The number of rotatable bonds is 5. The lowest BCUT2D eigenvalue weighted by Gasteiger charge is -2.11. The van der Waals surface area contributed by atoms with Crippen LogP contribution in [0.1, 0.15) is 26.2 Å². The van der Waals surface area contributed by atoms with Crippen molar-refractivity contribution in [3.63, 3.8) is 0 Å². The molecule has 0 aliphatic carbocycles. The number of ether oxygens (including phenoxy) is 1. The van der Waals surface area contributed by atoms with Crippen LogP contribution in [-0.2, 0) is 19.4 Å². The Morgan fingerprint density at radius 2 is 2.00 bits per heavy atom. The fraction of sp³-hybridized carbons (Fsp3) is 0.875. The Hall–Kier alpha value is -0.580. The molecule has 78 valence electrons. The van der Waals surface area contributed by atoms with Crippen LogP contribution < -0.4 is 0 Å². The second-order valence-corrected chi connectivity index (χ2v) is 5.21. The monoisotopic (exact) mass is 208 g/mol. The maximum atomic E-state index is 11.1. The molecule has 0 aromatic rings. The maximum absolute atomic E-state index is 11.1. The fourth-order valence-electron chi connectivity index (χ4n) is 1.03. The number of hydrogen-bond acceptors (Lipinski definition) is 4. The van der Waals surface area contributed by atoms with E-state index in [0.29, 0.717) is 12.8 Å². The lowest BCUT2D eigenvalue weighted by Crippen LogP contribution is -2.30. The predicted octanol–water partition coefficient (Wildman–Crippen LogP) is 0.763. The van der Waals surface area contributed by atoms with Gasteiger partial charge in [-0.05, 0) is 6.42 Å². The Balaban J connectivity index is 4.47. The molecule has 4 nitrogen and oxygen atoms in total. The predicted molar refractivity (Wildman–Crippen MR) is 50.2 cm³/mol. The molecule has 0 aromatic heterocycles. The van der Waals surface area contributed by atoms with Crippen molar-refractivity contribution in [3.05, 3.63) is 0 Å². The zero-order valence-corrected chi connectivity index (χ0v) is 9.06. The van der Waals surface area contributed by atoms with Crippen molar-refractivity contribution in [1.82, 2.24) is 0 Å². The number of esters is 1. The molecule has 0 amide bonds. The summed E-state index contributed by atoms with van der Waals surface area (Å²) >= 11 is 0. The van der Waals surface area contributed by atoms with Gasteiger partial charge in [0.25, 0.3) is 0 Å². The number of carbonyl (C=O) groups excluding carboxylic acids is 1. The second kappa shape index (κ2) is 5.21. The summed E-state index contributed by atoms with van der Waals surface area (Å²) in [4.78, 5) is 11.1. The Bertz CT molecular complexity index is 255. The van der Waals surface area contributed by atoms with Gasteiger partial charge in [0.1, 0.15) is 0 Å². The summed E-state index contributed by atoms with van der Waals surface area (Å²) < 4.78 is 26.7. The highest BCUT2D eigenvalue weighted by Gasteiger charge is 2.28. The fourth-order valence-corrected chi connectivity index (χ4v) is 2.07. The molecule has 1 atom stereocenters. The molecule has 0 heterocycles. The molecular formula is C8H16O4S. The molecule has 0 aliphatic rings. The van der Waals surface area contributed by atoms with Crippen LogP contribution in [-0.4, -0.2) is 33.0 Å². The SMILES string of the molecule is CCCCC(C(=O)OC)S(C)(=O)=O. The highest BCUT2D eigenvalue weighted by Crippen LogP contribution is 2.10. The van der Waals surface area contributed by atoms with Crippen LogP contribution in [0.4, 0.5) is 0 Å². The normalized spacial score (nSPS) is 13.8. The van der Waals surface area contributed by atoms with E-state index >= 15 is 0 Å². The minimum Gasteiger partial charge on any atom is -0.468 e. The molecule has 0 rings (SSSR count). The Kier molecular flexibility index (Phi) is 4.98. The van der Waals surface area contributed by atoms with Crippen LogP contribution in [0.5, 0.6) is 0 Å². The molecule has 0 radical (unpaired) electrons. The Labute approximate surface area is 79.2 Å². The highest BCUT2D eigenvalue weighted by molar-refractivity contribution is 7.92. The third-order valence-electron chi connectivity index (χ3n) is 1.80. The second-order valence-electron chi connectivity index (χ2n) is 2.98. The van der Waals surface area contributed by atoms with Gasteiger partial charge in [-0.25, -0.2) is 8.42 Å². The summed E-state index contributed by atoms with van der Waals surface area (Å²) in [6.07, 6.45) is 2.99. The van der Waals surface area contributed by atoms with E-state index in [0.717, 1.165) is 12.7 Å². The average molecular weight is 208 g/mol. The molecule has 0 bridgehead atoms. The molecule has 0 spiro atoms. The topological polar surface area (TPSA) is 60.4 Å². The van der Waals surface area contributed by atoms with Crippen molar-refractivity contribution in [3.8, 4) is 0 Å². The maximum Gasteiger partial charge on any atom is 0.324 e. The highest BCUT2D eigenvalue weighted by atomic mass is 32.2. The summed E-state index contributed by atoms with van der Waals surface area (Å²) in [5.41, 5.74) is 0. The van der Waals surface area contributed by atoms with Gasteiger partial charge in [0.05, 0.1) is 7.11 Å². The van der Waals surface area contributed by atoms with Crippen LogP contribution in [0.3, 0.4) is 0 Å². The number of carbonyl (C=O) groups is 1. The molecule has 0 saturated carbocycles. The van der Waals surface area contributed by atoms with Crippen LogP contribution >= 0.6 is 0 Å². The van der Waals surface area contributed by atoms with E-state index in [-0.39, 0.29) is 0 Å². The summed E-state index contributed by atoms with van der Waals surface area (Å²) in [5, 5.41) is -0.988. The van der Waals surface area contributed by atoms with E-state index in [1.54, 1.807) is 0 Å². The summed E-state index contributed by atoms with van der Waals surface area (Å²) in [6.45, 7) is 1.94. The quantitative estimate of drug-likeness (QED) is 0.626. The first kappa shape index (κ1) is 12.4. The van der Waals surface area contributed by atoms with Gasteiger partial charge in [-0.1, -0.05) is 19.8 Å². The van der Waals surface area contributed by atoms with Gasteiger partial charge < -0.3 is 4.74 Å². The van der Waals surface area contributed by atoms with Crippen LogP contribution in [0.15, 0.2) is 0 Å². The number of unbranched alkanes of at least 4 members (excludes halogenated alkanes) is 1. The van der Waals surface area contributed by atoms with Crippen LogP contribution in [0.2, 0.25) is 0 Å². The van der Waals surface area contributed by atoms with E-state index in [2.05, 4.69) is 4.74 Å². The molecule has 0 saturated heterocycles. The molecule has 0 aliphatic heterocycles. The number of methoxy groups -OCH3 is 1. The lowest BCUT2D eigenvalue weighted by molar-refractivity contribution is -0.140. The molecular weight excluding hydrogens is 192 g/mol. The van der Waals surface area contributed by atoms with Gasteiger partial charge in [-0.15, -0.1) is 0 Å². The van der Waals surface area contributed by atoms with E-state index in [9.17, 15) is 13.2 Å². The largest absolute Gasteiger partial charge is 0.468 e. The zero-order chi connectivity index (χ0) is 10.5. The van der Waals surface area contributed by atoms with Crippen molar-refractivity contribution in [2.24, 2.45) is 0 Å². The van der Waals surface area contributed by atoms with Crippen LogP contribution in [0, 0.1) is 0 Å². The van der Waals surface area contributed by atoms with Gasteiger partial charge >= 0.3 is 5.97 Å². The first-order chi connectivity index (χ1) is 5.93. The molecule has 13 heavy (non-hydrogen) atoms. The van der Waals surface area contributed by atoms with Crippen molar-refractivity contribution in [2.45, 2.75) is 31.4 Å². The van der Waals surface area contributed by atoms with Crippen LogP contribution in [0.25, 0.3) is 0 Å². The van der Waals surface area contributed by atoms with E-state index in [4.69, 9.17) is 0 Å². The van der Waals surface area contributed by atoms with E-state index < -0.39 is 21.1 Å². The van der Waals surface area contributed by atoms with E-state index in [1.165, 1.54) is 7.11 Å². The molecule has 0 aromatic carbocycles. The summed E-state index contributed by atoms with van der Waals surface area (Å²) in [5.74, 6) is -0.657. The van der Waals surface area contributed by atoms with Gasteiger partial charge in [0.2, 0.25) is 0 Å². The molecule has 5 heteroatoms. The molecule has 1 unspecified atom stereocenters. The third-order valence-corrected chi connectivity index (χ3v) is 3.26. The Morgan fingerprint density at radius 1 is 1.46 bits per heavy atom. The molecule has 0 N–H and O–H groups in total. The van der Waals surface area contributed by atoms with E-state index in [1.807, 2.05) is 6.92 Å². The van der Waals surface area contributed by atoms with Crippen molar-refractivity contribution in [2.75, 3.05) is 13.4 Å². The summed E-state index contributed by atoms with van der Waals surface area (Å²) in [7, 11) is -2.12. The standard InChI is InChI=1S/C8H16O4S/c1-4-5-6-7(8(9)12-2)13(3,10)11/h7H,4-6H2,1-3H3. The third kappa shape index (κ3) is 4.26. The zero-order valence-electron chi connectivity index (χ0n) is 8.24. The van der Waals surface area contributed by atoms with Gasteiger partial charge in [0, 0.05) is 6.26 Å². The van der Waals surface area contributed by atoms with Crippen molar-refractivity contribution in [1.29, 1.82) is 0 Å². The van der Waals surface area contributed by atoms with Gasteiger partial charge in [-0.3, -0.25) is 4.79 Å². The first-order valence-electron chi connectivity index (χ1n) is 4.20.